The highest BCUT2D eigenvalue weighted by Gasteiger charge is 2.35. The summed E-state index contributed by atoms with van der Waals surface area (Å²) in [6, 6.07) is 12.5. The lowest BCUT2D eigenvalue weighted by atomic mass is 10.1. The summed E-state index contributed by atoms with van der Waals surface area (Å²) in [7, 11) is 0. The van der Waals surface area contributed by atoms with Crippen LogP contribution in [0.4, 0.5) is 4.79 Å². The summed E-state index contributed by atoms with van der Waals surface area (Å²) < 4.78 is 5.42. The van der Waals surface area contributed by atoms with Crippen LogP contribution in [0.15, 0.2) is 47.4 Å². The molecule has 0 unspecified atom stereocenters. The van der Waals surface area contributed by atoms with Crippen LogP contribution in [0.3, 0.4) is 0 Å². The largest absolute Gasteiger partial charge is 0.507 e. The van der Waals surface area contributed by atoms with Gasteiger partial charge in [-0.3, -0.25) is 14.5 Å². The highest BCUT2D eigenvalue weighted by Crippen LogP contribution is 2.35. The fraction of sp³-hybridized carbons (Fsp3) is 0.200. The molecular formula is C20H19NO4S. The number of benzene rings is 2. The van der Waals surface area contributed by atoms with Gasteiger partial charge in [0.1, 0.15) is 11.5 Å². The van der Waals surface area contributed by atoms with E-state index in [1.54, 1.807) is 12.1 Å². The Morgan fingerprint density at radius 1 is 1.19 bits per heavy atom. The third-order valence-corrected chi connectivity index (χ3v) is 4.97. The average molecular weight is 369 g/mol. The first kappa shape index (κ1) is 18.1. The molecule has 0 radical (unpaired) electrons. The van der Waals surface area contributed by atoms with E-state index >= 15 is 0 Å². The summed E-state index contributed by atoms with van der Waals surface area (Å²) in [5.41, 5.74) is 2.40. The molecule has 1 N–H and O–H groups in total. The highest BCUT2D eigenvalue weighted by molar-refractivity contribution is 8.18. The van der Waals surface area contributed by atoms with Crippen molar-refractivity contribution in [2.75, 3.05) is 6.61 Å². The van der Waals surface area contributed by atoms with E-state index in [-0.39, 0.29) is 28.3 Å². The Hall–Kier alpha value is -2.73. The van der Waals surface area contributed by atoms with Gasteiger partial charge in [-0.1, -0.05) is 24.3 Å². The van der Waals surface area contributed by atoms with E-state index in [0.717, 1.165) is 22.9 Å². The van der Waals surface area contributed by atoms with Crippen molar-refractivity contribution >= 4 is 29.0 Å². The van der Waals surface area contributed by atoms with Gasteiger partial charge in [-0.25, -0.2) is 0 Å². The molecular weight excluding hydrogens is 350 g/mol. The quantitative estimate of drug-likeness (QED) is 0.795. The minimum atomic E-state index is -0.357. The van der Waals surface area contributed by atoms with Gasteiger partial charge in [0.2, 0.25) is 0 Å². The van der Waals surface area contributed by atoms with E-state index in [0.29, 0.717) is 17.9 Å². The van der Waals surface area contributed by atoms with E-state index in [1.807, 2.05) is 38.1 Å². The number of hydrogen-bond donors (Lipinski definition) is 1. The van der Waals surface area contributed by atoms with Gasteiger partial charge >= 0.3 is 0 Å². The number of ether oxygens (including phenoxy) is 1. The highest BCUT2D eigenvalue weighted by atomic mass is 32.2. The molecule has 0 bridgehead atoms. The second-order valence-corrected chi connectivity index (χ2v) is 6.84. The monoisotopic (exact) mass is 369 g/mol. The van der Waals surface area contributed by atoms with Crippen LogP contribution >= 0.6 is 11.8 Å². The summed E-state index contributed by atoms with van der Waals surface area (Å²) in [5.74, 6) is 0.263. The van der Waals surface area contributed by atoms with Crippen LogP contribution in [0.5, 0.6) is 11.5 Å². The molecule has 2 aromatic rings. The topological polar surface area (TPSA) is 66.8 Å². The second-order valence-electron chi connectivity index (χ2n) is 5.85. The summed E-state index contributed by atoms with van der Waals surface area (Å²) in [6.45, 7) is 4.54. The average Bonchev–Trinajstić information content (AvgIpc) is 2.87. The lowest BCUT2D eigenvalue weighted by Crippen LogP contribution is -2.27. The van der Waals surface area contributed by atoms with Crippen molar-refractivity contribution in [3.63, 3.8) is 0 Å². The number of hydrogen-bond acceptors (Lipinski definition) is 5. The zero-order chi connectivity index (χ0) is 18.7. The summed E-state index contributed by atoms with van der Waals surface area (Å²) in [4.78, 5) is 26.5. The number of aromatic hydroxyl groups is 1. The van der Waals surface area contributed by atoms with Crippen LogP contribution in [0.1, 0.15) is 23.6 Å². The molecule has 0 atom stereocenters. The van der Waals surface area contributed by atoms with Crippen LogP contribution in [0.2, 0.25) is 0 Å². The lowest BCUT2D eigenvalue weighted by Gasteiger charge is -2.14. The summed E-state index contributed by atoms with van der Waals surface area (Å²) in [6.07, 6.45) is 1.53. The number of aryl methyl sites for hydroxylation is 1. The number of phenolic OH excluding ortho intramolecular Hbond substituents is 1. The number of nitrogens with zero attached hydrogens (tertiary/aromatic N) is 1. The van der Waals surface area contributed by atoms with Crippen molar-refractivity contribution in [1.82, 2.24) is 4.90 Å². The zero-order valence-electron chi connectivity index (χ0n) is 14.6. The summed E-state index contributed by atoms with van der Waals surface area (Å²) >= 11 is 0.876. The summed E-state index contributed by atoms with van der Waals surface area (Å²) in [5, 5.41) is 9.72. The molecule has 0 saturated carbocycles. The Labute approximate surface area is 156 Å². The Morgan fingerprint density at radius 3 is 2.69 bits per heavy atom. The first-order valence-corrected chi connectivity index (χ1v) is 9.07. The number of thioether (sulfide) groups is 1. The maximum atomic E-state index is 12.7. The molecule has 3 rings (SSSR count). The van der Waals surface area contributed by atoms with Crippen LogP contribution in [0, 0.1) is 6.92 Å². The Bertz CT molecular complexity index is 891. The van der Waals surface area contributed by atoms with Crippen molar-refractivity contribution < 1.29 is 19.4 Å². The third-order valence-electron chi connectivity index (χ3n) is 4.06. The van der Waals surface area contributed by atoms with Crippen LogP contribution in [-0.2, 0) is 11.3 Å². The molecule has 134 valence electrons. The van der Waals surface area contributed by atoms with Gasteiger partial charge in [-0.2, -0.15) is 0 Å². The number of rotatable bonds is 5. The van der Waals surface area contributed by atoms with Crippen molar-refractivity contribution in [1.29, 1.82) is 0 Å². The standard InChI is InChI=1S/C20H19NO4S/c1-3-25-16-8-9-17(22)15(10-16)11-18-19(23)21(20(24)26-18)12-14-7-5-4-6-13(14)2/h4-11,22H,3,12H2,1-2H3/b18-11-. The molecule has 0 aromatic heterocycles. The molecule has 0 aliphatic carbocycles. The molecule has 26 heavy (non-hydrogen) atoms. The van der Waals surface area contributed by atoms with Crippen LogP contribution < -0.4 is 4.74 Å². The van der Waals surface area contributed by atoms with E-state index in [1.165, 1.54) is 17.0 Å². The molecule has 2 amide bonds. The second kappa shape index (κ2) is 7.66. The molecule has 1 aliphatic heterocycles. The Balaban J connectivity index is 1.86. The van der Waals surface area contributed by atoms with Gasteiger partial charge in [0.15, 0.2) is 0 Å². The lowest BCUT2D eigenvalue weighted by molar-refractivity contribution is -0.123. The predicted octanol–water partition coefficient (Wildman–Crippen LogP) is 4.34. The van der Waals surface area contributed by atoms with E-state index in [4.69, 9.17) is 4.74 Å². The molecule has 1 heterocycles. The molecule has 5 nitrogen and oxygen atoms in total. The molecule has 1 fully saturated rings. The van der Waals surface area contributed by atoms with Crippen molar-refractivity contribution in [3.05, 3.63) is 64.1 Å². The molecule has 6 heteroatoms. The van der Waals surface area contributed by atoms with Crippen molar-refractivity contribution in [2.45, 2.75) is 20.4 Å². The first-order valence-electron chi connectivity index (χ1n) is 8.25. The van der Waals surface area contributed by atoms with E-state index in [2.05, 4.69) is 0 Å². The van der Waals surface area contributed by atoms with Crippen molar-refractivity contribution in [3.8, 4) is 11.5 Å². The Morgan fingerprint density at radius 2 is 1.96 bits per heavy atom. The van der Waals surface area contributed by atoms with E-state index < -0.39 is 0 Å². The van der Waals surface area contributed by atoms with Gasteiger partial charge in [-0.15, -0.1) is 0 Å². The fourth-order valence-electron chi connectivity index (χ4n) is 2.64. The maximum absolute atomic E-state index is 12.7. The number of phenols is 1. The Kier molecular flexibility index (Phi) is 5.32. The third kappa shape index (κ3) is 3.75. The van der Waals surface area contributed by atoms with E-state index in [9.17, 15) is 14.7 Å². The number of carbonyl (C=O) groups is 2. The minimum Gasteiger partial charge on any atom is -0.507 e. The zero-order valence-corrected chi connectivity index (χ0v) is 15.4. The van der Waals surface area contributed by atoms with Gasteiger partial charge < -0.3 is 9.84 Å². The normalized spacial score (nSPS) is 15.8. The molecule has 2 aromatic carbocycles. The first-order chi connectivity index (χ1) is 12.5. The minimum absolute atomic E-state index is 0.0270. The van der Waals surface area contributed by atoms with Crippen LogP contribution in [-0.4, -0.2) is 27.8 Å². The SMILES string of the molecule is CCOc1ccc(O)c(/C=C2\SC(=O)N(Cc3ccccc3C)C2=O)c1. The van der Waals surface area contributed by atoms with Crippen LogP contribution in [0.25, 0.3) is 6.08 Å². The number of amides is 2. The maximum Gasteiger partial charge on any atom is 0.293 e. The fourth-order valence-corrected chi connectivity index (χ4v) is 3.47. The number of imide groups is 1. The molecule has 1 aliphatic rings. The van der Waals surface area contributed by atoms with Gasteiger partial charge in [0.05, 0.1) is 18.1 Å². The van der Waals surface area contributed by atoms with Gasteiger partial charge in [0.25, 0.3) is 11.1 Å². The number of carbonyl (C=O) groups excluding carboxylic acids is 2. The predicted molar refractivity (Wildman–Crippen MR) is 102 cm³/mol. The smallest absolute Gasteiger partial charge is 0.293 e. The molecule has 0 spiro atoms. The van der Waals surface area contributed by atoms with Gasteiger partial charge in [-0.05, 0) is 61.0 Å². The van der Waals surface area contributed by atoms with Gasteiger partial charge in [0, 0.05) is 5.56 Å². The molecule has 1 saturated heterocycles. The van der Waals surface area contributed by atoms with Crippen molar-refractivity contribution in [2.24, 2.45) is 0 Å².